The Morgan fingerprint density at radius 1 is 0.435 bits per heavy atom. The average molecular weight is 659 g/mol. The average Bonchev–Trinajstić information content (AvgIpc) is 3.06. The van der Waals surface area contributed by atoms with Gasteiger partial charge in [-0.2, -0.15) is 0 Å². The number of hydrogen-bond acceptors (Lipinski definition) is 14. The third-order valence-corrected chi connectivity index (χ3v) is 5.47. The first kappa shape index (κ1) is 41.2. The second-order valence-electron chi connectivity index (χ2n) is 9.26. The van der Waals surface area contributed by atoms with Crippen molar-refractivity contribution in [3.63, 3.8) is 0 Å². The highest BCUT2D eigenvalue weighted by Crippen LogP contribution is 2.01. The molecule has 0 spiro atoms. The van der Waals surface area contributed by atoms with E-state index >= 15 is 0 Å². The van der Waals surface area contributed by atoms with Crippen LogP contribution >= 0.6 is 0 Å². The monoisotopic (exact) mass is 658 g/mol. The van der Waals surface area contributed by atoms with Crippen LogP contribution in [0.25, 0.3) is 0 Å². The van der Waals surface area contributed by atoms with Crippen molar-refractivity contribution in [1.29, 1.82) is 0 Å². The molecule has 0 heterocycles. The van der Waals surface area contributed by atoms with Crippen molar-refractivity contribution in [2.45, 2.75) is 6.92 Å². The number of ether oxygens (including phenoxy) is 11. The van der Waals surface area contributed by atoms with E-state index in [0.29, 0.717) is 123 Å². The molecule has 0 atom stereocenters. The van der Waals surface area contributed by atoms with Gasteiger partial charge in [0.1, 0.15) is 13.2 Å². The Kier molecular flexibility index (Phi) is 27.6. The molecule has 1 aromatic carbocycles. The van der Waals surface area contributed by atoms with Crippen LogP contribution in [0.1, 0.15) is 17.3 Å². The summed E-state index contributed by atoms with van der Waals surface area (Å²) in [5, 5.41) is 0. The zero-order valence-corrected chi connectivity index (χ0v) is 27.0. The fourth-order valence-electron chi connectivity index (χ4n) is 3.14. The van der Waals surface area contributed by atoms with Crippen molar-refractivity contribution in [1.82, 2.24) is 0 Å². The Morgan fingerprint density at radius 3 is 0.978 bits per heavy atom. The van der Waals surface area contributed by atoms with Crippen LogP contribution < -0.4 is 0 Å². The van der Waals surface area contributed by atoms with Crippen molar-refractivity contribution in [2.24, 2.45) is 0 Å². The maximum Gasteiger partial charge on any atom is 0.379 e. The number of esters is 2. The first-order chi connectivity index (χ1) is 22.5. The van der Waals surface area contributed by atoms with E-state index in [0.717, 1.165) is 0 Å². The Labute approximate surface area is 271 Å². The minimum Gasteiger partial charge on any atom is -0.460 e. The van der Waals surface area contributed by atoms with Crippen molar-refractivity contribution >= 4 is 17.7 Å². The van der Waals surface area contributed by atoms with Crippen molar-refractivity contribution < 1.29 is 66.5 Å². The number of Topliss-reactive ketones (excluding diaryl/α,β-unsaturated/α-hetero) is 1. The van der Waals surface area contributed by atoms with Crippen LogP contribution in [0.2, 0.25) is 0 Å². The van der Waals surface area contributed by atoms with E-state index in [4.69, 9.17) is 52.1 Å². The van der Waals surface area contributed by atoms with E-state index in [9.17, 15) is 14.4 Å². The number of carbonyl (C=O) groups is 3. The van der Waals surface area contributed by atoms with Gasteiger partial charge in [0.05, 0.1) is 119 Å². The van der Waals surface area contributed by atoms with E-state index in [1.54, 1.807) is 37.3 Å². The Hall–Kier alpha value is -2.79. The zero-order valence-electron chi connectivity index (χ0n) is 27.0. The summed E-state index contributed by atoms with van der Waals surface area (Å²) in [5.41, 5.74) is 0.654. The SMILES string of the molecule is C=C(C)C(=O)OCCOCCOCCOCCOCCOCCOCCOCCOCCOCCOC(=O)C(=O)c1ccccc1. The number of carbonyl (C=O) groups excluding carboxylic acids is 3. The van der Waals surface area contributed by atoms with Gasteiger partial charge in [-0.25, -0.2) is 9.59 Å². The molecule has 0 aliphatic heterocycles. The van der Waals surface area contributed by atoms with E-state index in [-0.39, 0.29) is 19.8 Å². The van der Waals surface area contributed by atoms with E-state index in [1.807, 2.05) is 0 Å². The summed E-state index contributed by atoms with van der Waals surface area (Å²) in [5.74, 6) is -2.00. The van der Waals surface area contributed by atoms with Gasteiger partial charge in [0, 0.05) is 11.1 Å². The molecule has 14 nitrogen and oxygen atoms in total. The molecule has 46 heavy (non-hydrogen) atoms. The molecule has 0 bridgehead atoms. The van der Waals surface area contributed by atoms with Gasteiger partial charge in [-0.1, -0.05) is 36.9 Å². The minimum atomic E-state index is -0.901. The van der Waals surface area contributed by atoms with E-state index in [2.05, 4.69) is 6.58 Å². The number of benzene rings is 1. The normalized spacial score (nSPS) is 11.0. The molecular formula is C32H50O14. The highest BCUT2D eigenvalue weighted by molar-refractivity contribution is 6.40. The molecule has 0 unspecified atom stereocenters. The van der Waals surface area contributed by atoms with Crippen LogP contribution in [-0.4, -0.2) is 150 Å². The molecule has 0 saturated heterocycles. The van der Waals surface area contributed by atoms with Gasteiger partial charge < -0.3 is 52.1 Å². The molecule has 0 aliphatic rings. The van der Waals surface area contributed by atoms with Gasteiger partial charge in [0.15, 0.2) is 0 Å². The molecule has 1 aromatic rings. The van der Waals surface area contributed by atoms with E-state index in [1.165, 1.54) is 0 Å². The summed E-state index contributed by atoms with van der Waals surface area (Å²) in [6, 6.07) is 8.24. The lowest BCUT2D eigenvalue weighted by atomic mass is 10.1. The van der Waals surface area contributed by atoms with Crippen molar-refractivity contribution in [3.8, 4) is 0 Å². The van der Waals surface area contributed by atoms with Crippen molar-refractivity contribution in [3.05, 3.63) is 48.0 Å². The van der Waals surface area contributed by atoms with Crippen LogP contribution in [0.4, 0.5) is 0 Å². The van der Waals surface area contributed by atoms with Gasteiger partial charge in [-0.15, -0.1) is 0 Å². The smallest absolute Gasteiger partial charge is 0.379 e. The van der Waals surface area contributed by atoms with Crippen LogP contribution in [0.15, 0.2) is 42.5 Å². The maximum atomic E-state index is 11.9. The summed E-state index contributed by atoms with van der Waals surface area (Å²) >= 11 is 0. The van der Waals surface area contributed by atoms with E-state index < -0.39 is 17.7 Å². The second kappa shape index (κ2) is 30.8. The maximum absolute atomic E-state index is 11.9. The quantitative estimate of drug-likeness (QED) is 0.0354. The highest BCUT2D eigenvalue weighted by Gasteiger charge is 2.17. The second-order valence-corrected chi connectivity index (χ2v) is 9.26. The lowest BCUT2D eigenvalue weighted by molar-refractivity contribution is -0.141. The Balaban J connectivity index is 1.68. The summed E-state index contributed by atoms with van der Waals surface area (Å²) in [7, 11) is 0. The summed E-state index contributed by atoms with van der Waals surface area (Å²) in [6.07, 6.45) is 0. The first-order valence-corrected chi connectivity index (χ1v) is 15.3. The Morgan fingerprint density at radius 2 is 0.696 bits per heavy atom. The summed E-state index contributed by atoms with van der Waals surface area (Å²) < 4.78 is 58.4. The van der Waals surface area contributed by atoms with Crippen LogP contribution in [-0.2, 0) is 61.7 Å². The first-order valence-electron chi connectivity index (χ1n) is 15.3. The zero-order chi connectivity index (χ0) is 33.3. The van der Waals surface area contributed by atoms with Gasteiger partial charge in [0.25, 0.3) is 5.78 Å². The largest absolute Gasteiger partial charge is 0.460 e. The lowest BCUT2D eigenvalue weighted by Gasteiger charge is -2.09. The highest BCUT2D eigenvalue weighted by atomic mass is 16.6. The number of rotatable bonds is 33. The molecule has 0 N–H and O–H groups in total. The molecular weight excluding hydrogens is 608 g/mol. The molecule has 0 radical (unpaired) electrons. The molecule has 1 rings (SSSR count). The summed E-state index contributed by atoms with van der Waals surface area (Å²) in [6.45, 7) is 12.8. The predicted molar refractivity (Wildman–Crippen MR) is 165 cm³/mol. The predicted octanol–water partition coefficient (Wildman–Crippen LogP) is 1.68. The van der Waals surface area contributed by atoms with Gasteiger partial charge in [-0.05, 0) is 6.92 Å². The molecule has 262 valence electrons. The van der Waals surface area contributed by atoms with Crippen LogP contribution in [0.3, 0.4) is 0 Å². The topological polar surface area (TPSA) is 153 Å². The minimum absolute atomic E-state index is 0.00729. The molecule has 0 saturated carbocycles. The third-order valence-electron chi connectivity index (χ3n) is 5.47. The molecule has 0 fully saturated rings. The Bertz CT molecular complexity index is 911. The molecule has 0 aromatic heterocycles. The molecule has 14 heteroatoms. The standard InChI is InChI=1S/C32H50O14/c1-28(2)31(34)45-26-24-43-22-20-41-18-16-39-14-12-37-10-8-36-9-11-38-13-15-40-17-19-42-21-23-44-25-27-46-32(35)30(33)29-6-4-3-5-7-29/h3-7H,1,8-27H2,2H3. The fraction of sp³-hybridized carbons (Fsp3) is 0.656. The van der Waals surface area contributed by atoms with Gasteiger partial charge in [-0.3, -0.25) is 4.79 Å². The number of hydrogen-bond donors (Lipinski definition) is 0. The molecule has 0 aliphatic carbocycles. The van der Waals surface area contributed by atoms with Crippen molar-refractivity contribution in [2.75, 3.05) is 132 Å². The summed E-state index contributed by atoms with van der Waals surface area (Å²) in [4.78, 5) is 34.8. The third kappa shape index (κ3) is 25.4. The van der Waals surface area contributed by atoms with Gasteiger partial charge in [0.2, 0.25) is 0 Å². The molecule has 0 amide bonds. The fourth-order valence-corrected chi connectivity index (χ4v) is 3.14. The van der Waals surface area contributed by atoms with Crippen LogP contribution in [0.5, 0.6) is 0 Å². The van der Waals surface area contributed by atoms with Crippen LogP contribution in [0, 0.1) is 0 Å². The number of ketones is 1. The van der Waals surface area contributed by atoms with Gasteiger partial charge >= 0.3 is 11.9 Å². The lowest BCUT2D eigenvalue weighted by Crippen LogP contribution is -2.20.